The van der Waals surface area contributed by atoms with E-state index in [-0.39, 0.29) is 18.4 Å². The van der Waals surface area contributed by atoms with Gasteiger partial charge in [-0.25, -0.2) is 0 Å². The number of aliphatic carboxylic acids is 1. The minimum atomic E-state index is -0.813. The molecular weight excluding hydrogens is 358 g/mol. The summed E-state index contributed by atoms with van der Waals surface area (Å²) < 4.78 is 1.07. The maximum atomic E-state index is 12.7. The van der Waals surface area contributed by atoms with Crippen molar-refractivity contribution in [2.24, 2.45) is 5.41 Å². The topological polar surface area (TPSA) is 57.6 Å². The molecule has 1 atom stereocenters. The molecule has 1 N–H and O–H groups in total. The summed E-state index contributed by atoms with van der Waals surface area (Å²) >= 11 is 3.51. The molecule has 0 spiro atoms. The second kappa shape index (κ2) is 6.27. The third-order valence-corrected chi connectivity index (χ3v) is 6.28. The zero-order valence-electron chi connectivity index (χ0n) is 13.3. The van der Waals surface area contributed by atoms with E-state index >= 15 is 0 Å². The molecule has 1 aliphatic carbocycles. The van der Waals surface area contributed by atoms with Crippen LogP contribution in [0, 0.1) is 12.3 Å². The highest BCUT2D eigenvalue weighted by molar-refractivity contribution is 9.10. The normalized spacial score (nSPS) is 22.7. The number of nitrogens with zero attached hydrogens (tertiary/aromatic N) is 1. The van der Waals surface area contributed by atoms with Gasteiger partial charge in [0, 0.05) is 17.4 Å². The summed E-state index contributed by atoms with van der Waals surface area (Å²) in [5, 5.41) is 9.45. The van der Waals surface area contributed by atoms with Crippen LogP contribution in [0.5, 0.6) is 0 Å². The number of hydrogen-bond donors (Lipinski definition) is 1. The molecule has 5 heteroatoms. The predicted molar refractivity (Wildman–Crippen MR) is 91.1 cm³/mol. The second-order valence-electron chi connectivity index (χ2n) is 6.87. The number of benzene rings is 1. The quantitative estimate of drug-likeness (QED) is 0.857. The summed E-state index contributed by atoms with van der Waals surface area (Å²) in [5.41, 5.74) is 1.50. The van der Waals surface area contributed by atoms with Crippen LogP contribution in [0.2, 0.25) is 0 Å². The van der Waals surface area contributed by atoms with Crippen LogP contribution >= 0.6 is 15.9 Å². The van der Waals surface area contributed by atoms with E-state index in [1.165, 1.54) is 0 Å². The largest absolute Gasteiger partial charge is 0.481 e. The van der Waals surface area contributed by atoms with Gasteiger partial charge in [0.2, 0.25) is 5.91 Å². The lowest BCUT2D eigenvalue weighted by Gasteiger charge is -2.38. The number of aryl methyl sites for hydroxylation is 1. The monoisotopic (exact) mass is 379 g/mol. The number of carboxylic acid groups (broad SMARTS) is 1. The Labute approximate surface area is 145 Å². The minimum Gasteiger partial charge on any atom is -0.481 e. The molecule has 124 valence electrons. The number of halogens is 1. The van der Waals surface area contributed by atoms with E-state index in [1.807, 2.05) is 17.9 Å². The van der Waals surface area contributed by atoms with Crippen LogP contribution in [0.4, 0.5) is 0 Å². The molecule has 1 heterocycles. The average Bonchev–Trinajstić information content (AvgIpc) is 2.94. The van der Waals surface area contributed by atoms with Gasteiger partial charge < -0.3 is 10.0 Å². The Hall–Kier alpha value is -1.36. The van der Waals surface area contributed by atoms with Gasteiger partial charge in [-0.2, -0.15) is 0 Å². The Bertz CT molecular complexity index is 639. The molecule has 1 unspecified atom stereocenters. The first-order valence-electron chi connectivity index (χ1n) is 8.22. The molecule has 1 aliphatic heterocycles. The van der Waals surface area contributed by atoms with Crippen LogP contribution in [-0.4, -0.2) is 28.4 Å². The fraction of sp³-hybridized carbons (Fsp3) is 0.556. The lowest BCUT2D eigenvalue weighted by molar-refractivity contribution is -0.159. The highest BCUT2D eigenvalue weighted by Crippen LogP contribution is 2.45. The van der Waals surface area contributed by atoms with Crippen LogP contribution in [0.1, 0.15) is 55.7 Å². The lowest BCUT2D eigenvalue weighted by atomic mass is 9.66. The van der Waals surface area contributed by atoms with Crippen molar-refractivity contribution < 1.29 is 14.7 Å². The van der Waals surface area contributed by atoms with Crippen LogP contribution in [0.15, 0.2) is 22.7 Å². The average molecular weight is 380 g/mol. The first-order chi connectivity index (χ1) is 10.9. The van der Waals surface area contributed by atoms with E-state index in [2.05, 4.69) is 28.1 Å². The van der Waals surface area contributed by atoms with Gasteiger partial charge in [0.1, 0.15) is 0 Å². The third-order valence-electron chi connectivity index (χ3n) is 5.39. The van der Waals surface area contributed by atoms with Crippen molar-refractivity contribution >= 4 is 27.8 Å². The number of amides is 1. The Morgan fingerprint density at radius 2 is 2.09 bits per heavy atom. The van der Waals surface area contributed by atoms with E-state index in [0.29, 0.717) is 12.8 Å². The lowest BCUT2D eigenvalue weighted by Crippen LogP contribution is -2.43. The molecule has 2 fully saturated rings. The summed E-state index contributed by atoms with van der Waals surface area (Å²) in [6, 6.07) is 6.29. The van der Waals surface area contributed by atoms with Gasteiger partial charge in [-0.05, 0) is 49.8 Å². The summed E-state index contributed by atoms with van der Waals surface area (Å²) in [4.78, 5) is 26.2. The summed E-state index contributed by atoms with van der Waals surface area (Å²) in [5.74, 6) is -0.817. The van der Waals surface area contributed by atoms with Crippen LogP contribution in [0.25, 0.3) is 0 Å². The predicted octanol–water partition coefficient (Wildman–Crippen LogP) is 4.07. The van der Waals surface area contributed by atoms with E-state index in [4.69, 9.17) is 0 Å². The molecule has 0 bridgehead atoms. The Balaban J connectivity index is 1.77. The fourth-order valence-electron chi connectivity index (χ4n) is 3.75. The molecule has 1 amide bonds. The van der Waals surface area contributed by atoms with Crippen molar-refractivity contribution in [3.8, 4) is 0 Å². The van der Waals surface area contributed by atoms with Gasteiger partial charge in [-0.1, -0.05) is 34.5 Å². The fourth-order valence-corrected chi connectivity index (χ4v) is 3.99. The van der Waals surface area contributed by atoms with E-state index < -0.39 is 11.4 Å². The number of carboxylic acids is 1. The Kier molecular flexibility index (Phi) is 4.50. The molecular formula is C18H22BrNO3. The van der Waals surface area contributed by atoms with Crippen molar-refractivity contribution in [3.05, 3.63) is 33.8 Å². The number of likely N-dealkylation sites (tertiary alicyclic amines) is 1. The standard InChI is InChI=1S/C18H22BrNO3/c1-12-10-13(5-6-14(12)19)15-4-2-9-20(15)16(21)11-18(17(22)23)7-3-8-18/h5-6,10,15H,2-4,7-9,11H2,1H3,(H,22,23). The first kappa shape index (κ1) is 16.5. The van der Waals surface area contributed by atoms with E-state index in [0.717, 1.165) is 41.4 Å². The molecule has 1 saturated carbocycles. The van der Waals surface area contributed by atoms with Gasteiger partial charge >= 0.3 is 5.97 Å². The number of carbonyl (C=O) groups is 2. The molecule has 0 aromatic heterocycles. The number of carbonyl (C=O) groups excluding carboxylic acids is 1. The summed E-state index contributed by atoms with van der Waals surface area (Å²) in [7, 11) is 0. The SMILES string of the molecule is Cc1cc(C2CCCN2C(=O)CC2(C(=O)O)CCC2)ccc1Br. The Morgan fingerprint density at radius 3 is 2.65 bits per heavy atom. The van der Waals surface area contributed by atoms with Gasteiger partial charge in [-0.15, -0.1) is 0 Å². The number of hydrogen-bond acceptors (Lipinski definition) is 2. The maximum absolute atomic E-state index is 12.7. The van der Waals surface area contributed by atoms with Crippen LogP contribution in [-0.2, 0) is 9.59 Å². The second-order valence-corrected chi connectivity index (χ2v) is 7.72. The van der Waals surface area contributed by atoms with Gasteiger partial charge in [0.15, 0.2) is 0 Å². The van der Waals surface area contributed by atoms with E-state index in [9.17, 15) is 14.7 Å². The van der Waals surface area contributed by atoms with E-state index in [1.54, 1.807) is 0 Å². The van der Waals surface area contributed by atoms with Crippen LogP contribution < -0.4 is 0 Å². The Morgan fingerprint density at radius 1 is 1.35 bits per heavy atom. The third kappa shape index (κ3) is 3.03. The minimum absolute atomic E-state index is 0.00447. The number of rotatable bonds is 4. The molecule has 0 radical (unpaired) electrons. The molecule has 4 nitrogen and oxygen atoms in total. The van der Waals surface area contributed by atoms with Gasteiger partial charge in [0.05, 0.1) is 11.5 Å². The van der Waals surface area contributed by atoms with Crippen LogP contribution in [0.3, 0.4) is 0 Å². The maximum Gasteiger partial charge on any atom is 0.310 e. The molecule has 2 aliphatic rings. The van der Waals surface area contributed by atoms with Crippen molar-refractivity contribution in [2.75, 3.05) is 6.54 Å². The summed E-state index contributed by atoms with van der Waals surface area (Å²) in [6.07, 6.45) is 4.25. The summed E-state index contributed by atoms with van der Waals surface area (Å²) in [6.45, 7) is 2.77. The molecule has 3 rings (SSSR count). The molecule has 23 heavy (non-hydrogen) atoms. The highest BCUT2D eigenvalue weighted by Gasteiger charge is 2.47. The van der Waals surface area contributed by atoms with Crippen molar-refractivity contribution in [3.63, 3.8) is 0 Å². The molecule has 1 saturated heterocycles. The zero-order chi connectivity index (χ0) is 16.6. The molecule has 1 aromatic rings. The zero-order valence-corrected chi connectivity index (χ0v) is 14.9. The van der Waals surface area contributed by atoms with Crippen molar-refractivity contribution in [2.45, 2.75) is 51.5 Å². The highest BCUT2D eigenvalue weighted by atomic mass is 79.9. The van der Waals surface area contributed by atoms with Crippen molar-refractivity contribution in [1.29, 1.82) is 0 Å². The smallest absolute Gasteiger partial charge is 0.310 e. The van der Waals surface area contributed by atoms with Gasteiger partial charge in [0.25, 0.3) is 0 Å². The first-order valence-corrected chi connectivity index (χ1v) is 9.01. The van der Waals surface area contributed by atoms with Gasteiger partial charge in [-0.3, -0.25) is 9.59 Å². The van der Waals surface area contributed by atoms with Crippen molar-refractivity contribution in [1.82, 2.24) is 4.90 Å². The molecule has 1 aromatic carbocycles.